The van der Waals surface area contributed by atoms with Gasteiger partial charge in [-0.1, -0.05) is 12.1 Å². The van der Waals surface area contributed by atoms with Crippen LogP contribution in [0.3, 0.4) is 0 Å². The zero-order valence-electron chi connectivity index (χ0n) is 15.3. The van der Waals surface area contributed by atoms with Gasteiger partial charge in [0.05, 0.1) is 20.3 Å². The van der Waals surface area contributed by atoms with Gasteiger partial charge < -0.3 is 23.9 Å². The lowest BCUT2D eigenvalue weighted by atomic mass is 10.2. The molecule has 2 aromatic rings. The third-order valence-corrected chi connectivity index (χ3v) is 3.95. The molecule has 26 heavy (non-hydrogen) atoms. The summed E-state index contributed by atoms with van der Waals surface area (Å²) in [7, 11) is 3.21. The average molecular weight is 361 g/mol. The highest BCUT2D eigenvalue weighted by Crippen LogP contribution is 2.17. The first kappa shape index (κ1) is 19.5. The van der Waals surface area contributed by atoms with E-state index in [1.54, 1.807) is 28.0 Å². The Kier molecular flexibility index (Phi) is 6.41. The summed E-state index contributed by atoms with van der Waals surface area (Å²) in [6.45, 7) is 3.70. The van der Waals surface area contributed by atoms with Crippen LogP contribution in [0.25, 0.3) is 0 Å². The van der Waals surface area contributed by atoms with Crippen LogP contribution in [0.15, 0.2) is 34.7 Å². The van der Waals surface area contributed by atoms with Crippen LogP contribution in [-0.4, -0.2) is 42.1 Å². The Morgan fingerprint density at radius 2 is 2.04 bits per heavy atom. The molecule has 2 rings (SSSR count). The fourth-order valence-electron chi connectivity index (χ4n) is 2.51. The lowest BCUT2D eigenvalue weighted by molar-refractivity contribution is -0.142. The minimum Gasteiger partial charge on any atom is -0.497 e. The van der Waals surface area contributed by atoms with E-state index in [0.29, 0.717) is 11.5 Å². The number of hydrogen-bond donors (Lipinski definition) is 1. The van der Waals surface area contributed by atoms with Crippen LogP contribution < -0.4 is 4.74 Å². The first-order valence-electron chi connectivity index (χ1n) is 8.14. The molecule has 0 saturated heterocycles. The summed E-state index contributed by atoms with van der Waals surface area (Å²) in [5, 5.41) is 9.06. The second-order valence-electron chi connectivity index (χ2n) is 5.99. The highest BCUT2D eigenvalue weighted by molar-refractivity contribution is 5.88. The molecule has 140 valence electrons. The summed E-state index contributed by atoms with van der Waals surface area (Å²) < 4.78 is 16.2. The molecule has 0 spiro atoms. The monoisotopic (exact) mass is 361 g/mol. The third-order valence-electron chi connectivity index (χ3n) is 3.95. The van der Waals surface area contributed by atoms with Gasteiger partial charge in [-0.25, -0.2) is 4.79 Å². The summed E-state index contributed by atoms with van der Waals surface area (Å²) in [5.74, 6) is 0.177. The molecular weight excluding hydrogens is 338 g/mol. The maximum atomic E-state index is 12.4. The van der Waals surface area contributed by atoms with Crippen molar-refractivity contribution in [3.05, 3.63) is 53.0 Å². The van der Waals surface area contributed by atoms with Gasteiger partial charge in [0.1, 0.15) is 28.9 Å². The van der Waals surface area contributed by atoms with Crippen LogP contribution in [0, 0.1) is 6.92 Å². The van der Waals surface area contributed by atoms with Crippen molar-refractivity contribution in [1.29, 1.82) is 0 Å². The quantitative estimate of drug-likeness (QED) is 0.778. The van der Waals surface area contributed by atoms with Crippen LogP contribution in [-0.2, 0) is 22.7 Å². The number of carbonyl (C=O) groups excluding carboxylic acids is 1. The molecule has 0 fully saturated rings. The normalized spacial score (nSPS) is 11.8. The van der Waals surface area contributed by atoms with Gasteiger partial charge in [0.2, 0.25) is 0 Å². The number of benzene rings is 1. The summed E-state index contributed by atoms with van der Waals surface area (Å²) in [4.78, 5) is 24.9. The van der Waals surface area contributed by atoms with Crippen LogP contribution in [0.1, 0.15) is 34.4 Å². The van der Waals surface area contributed by atoms with Gasteiger partial charge in [-0.2, -0.15) is 0 Å². The summed E-state index contributed by atoms with van der Waals surface area (Å²) in [5.41, 5.74) is 1.00. The van der Waals surface area contributed by atoms with Crippen LogP contribution in [0.2, 0.25) is 0 Å². The maximum absolute atomic E-state index is 12.4. The zero-order valence-corrected chi connectivity index (χ0v) is 15.3. The Labute approximate surface area is 152 Å². The summed E-state index contributed by atoms with van der Waals surface area (Å²) in [6.07, 6.45) is -0.652. The highest BCUT2D eigenvalue weighted by atomic mass is 16.5. The molecule has 1 atom stereocenters. The summed E-state index contributed by atoms with van der Waals surface area (Å²) in [6, 6.07) is 8.86. The number of nitrogens with zero attached hydrogens (tertiary/aromatic N) is 1. The number of carboxylic acid groups (broad SMARTS) is 1. The van der Waals surface area contributed by atoms with Crippen molar-refractivity contribution < 1.29 is 28.6 Å². The average Bonchev–Trinajstić information content (AvgIpc) is 2.99. The van der Waals surface area contributed by atoms with Crippen molar-refractivity contribution in [2.24, 2.45) is 0 Å². The molecule has 1 unspecified atom stereocenters. The van der Waals surface area contributed by atoms with E-state index >= 15 is 0 Å². The minimum absolute atomic E-state index is 0.100. The van der Waals surface area contributed by atoms with E-state index in [9.17, 15) is 9.59 Å². The zero-order chi connectivity index (χ0) is 19.3. The first-order chi connectivity index (χ1) is 12.3. The fraction of sp³-hybridized carbons (Fsp3) is 0.368. The first-order valence-corrected chi connectivity index (χ1v) is 8.14. The highest BCUT2D eigenvalue weighted by Gasteiger charge is 2.21. The molecule has 0 bridgehead atoms. The van der Waals surface area contributed by atoms with Gasteiger partial charge >= 0.3 is 5.97 Å². The number of furan rings is 1. The van der Waals surface area contributed by atoms with Gasteiger partial charge in [0.15, 0.2) is 0 Å². The van der Waals surface area contributed by atoms with Crippen LogP contribution in [0.4, 0.5) is 0 Å². The van der Waals surface area contributed by atoms with Gasteiger partial charge in [0, 0.05) is 7.05 Å². The number of amides is 1. The number of likely N-dealkylation sites (N-methyl/N-ethyl adjacent to an activating group) is 1. The van der Waals surface area contributed by atoms with Crippen molar-refractivity contribution in [3.8, 4) is 5.75 Å². The molecule has 0 radical (unpaired) electrons. The fourth-order valence-corrected chi connectivity index (χ4v) is 2.51. The number of carbonyl (C=O) groups is 2. The third kappa shape index (κ3) is 4.86. The van der Waals surface area contributed by atoms with Crippen molar-refractivity contribution in [1.82, 2.24) is 4.90 Å². The Morgan fingerprint density at radius 3 is 2.65 bits per heavy atom. The number of hydrogen-bond acceptors (Lipinski definition) is 5. The van der Waals surface area contributed by atoms with E-state index in [0.717, 1.165) is 11.3 Å². The van der Waals surface area contributed by atoms with Crippen molar-refractivity contribution in [3.63, 3.8) is 0 Å². The molecule has 1 aromatic carbocycles. The van der Waals surface area contributed by atoms with Crippen molar-refractivity contribution in [2.45, 2.75) is 33.1 Å². The molecule has 1 heterocycles. The SMILES string of the molecule is COc1cccc(COC(C)C(=O)N(C)Cc2cc(C(=O)O)c(C)o2)c1. The lowest BCUT2D eigenvalue weighted by Gasteiger charge is -2.20. The van der Waals surface area contributed by atoms with E-state index < -0.39 is 12.1 Å². The van der Waals surface area contributed by atoms with Gasteiger partial charge in [-0.05, 0) is 37.6 Å². The molecular formula is C19H23NO6. The molecule has 1 amide bonds. The number of aryl methyl sites for hydroxylation is 1. The summed E-state index contributed by atoms with van der Waals surface area (Å²) >= 11 is 0. The van der Waals surface area contributed by atoms with Crippen molar-refractivity contribution >= 4 is 11.9 Å². The maximum Gasteiger partial charge on any atom is 0.339 e. The smallest absolute Gasteiger partial charge is 0.339 e. The predicted molar refractivity (Wildman–Crippen MR) is 94.1 cm³/mol. The molecule has 0 saturated carbocycles. The number of carboxylic acids is 1. The van der Waals surface area contributed by atoms with Crippen LogP contribution >= 0.6 is 0 Å². The molecule has 0 aliphatic carbocycles. The Bertz CT molecular complexity index is 782. The molecule has 0 aliphatic heterocycles. The lowest BCUT2D eigenvalue weighted by Crippen LogP contribution is -2.35. The second kappa shape index (κ2) is 8.53. The second-order valence-corrected chi connectivity index (χ2v) is 5.99. The van der Waals surface area contributed by atoms with E-state index in [1.165, 1.54) is 11.0 Å². The largest absolute Gasteiger partial charge is 0.497 e. The molecule has 7 heteroatoms. The van der Waals surface area contributed by atoms with E-state index in [-0.39, 0.29) is 24.6 Å². The molecule has 0 aliphatic rings. The number of methoxy groups -OCH3 is 1. The topological polar surface area (TPSA) is 89.2 Å². The van der Waals surface area contributed by atoms with E-state index in [4.69, 9.17) is 19.0 Å². The Hall–Kier alpha value is -2.80. The van der Waals surface area contributed by atoms with Gasteiger partial charge in [0.25, 0.3) is 5.91 Å². The molecule has 1 N–H and O–H groups in total. The number of rotatable bonds is 8. The standard InChI is InChI=1S/C19H23NO6/c1-12-17(19(22)23)9-16(26-12)10-20(3)18(21)13(2)25-11-14-6-5-7-15(8-14)24-4/h5-9,13H,10-11H2,1-4H3,(H,22,23). The molecule has 1 aromatic heterocycles. The van der Waals surface area contributed by atoms with E-state index in [2.05, 4.69) is 0 Å². The minimum atomic E-state index is -1.05. The van der Waals surface area contributed by atoms with Crippen LogP contribution in [0.5, 0.6) is 5.75 Å². The number of aromatic carboxylic acids is 1. The molecule has 7 nitrogen and oxygen atoms in total. The van der Waals surface area contributed by atoms with Gasteiger partial charge in [-0.15, -0.1) is 0 Å². The Balaban J connectivity index is 1.92. The predicted octanol–water partition coefficient (Wildman–Crippen LogP) is 2.86. The van der Waals surface area contributed by atoms with Gasteiger partial charge in [-0.3, -0.25) is 4.79 Å². The number of ether oxygens (including phenoxy) is 2. The van der Waals surface area contributed by atoms with Crippen molar-refractivity contribution in [2.75, 3.05) is 14.2 Å². The van der Waals surface area contributed by atoms with E-state index in [1.807, 2.05) is 24.3 Å². The Morgan fingerprint density at radius 1 is 1.31 bits per heavy atom.